The Morgan fingerprint density at radius 2 is 2.11 bits per heavy atom. The summed E-state index contributed by atoms with van der Waals surface area (Å²) in [6.45, 7) is 4.23. The van der Waals surface area contributed by atoms with Crippen molar-refractivity contribution in [3.8, 4) is 0 Å². The van der Waals surface area contributed by atoms with Crippen molar-refractivity contribution >= 4 is 17.4 Å². The van der Waals surface area contributed by atoms with E-state index < -0.39 is 0 Å². The molecule has 2 heterocycles. The quantitative estimate of drug-likeness (QED) is 0.923. The third-order valence-corrected chi connectivity index (χ3v) is 3.03. The molecule has 18 heavy (non-hydrogen) atoms. The van der Waals surface area contributed by atoms with E-state index in [2.05, 4.69) is 4.98 Å². The second kappa shape index (κ2) is 4.86. The molecule has 0 amide bonds. The lowest BCUT2D eigenvalue weighted by Crippen LogP contribution is -2.25. The van der Waals surface area contributed by atoms with E-state index in [1.165, 1.54) is 0 Å². The van der Waals surface area contributed by atoms with Gasteiger partial charge >= 0.3 is 5.69 Å². The van der Waals surface area contributed by atoms with Gasteiger partial charge in [-0.3, -0.25) is 9.13 Å². The first-order valence-electron chi connectivity index (χ1n) is 5.67. The number of halogens is 1. The number of hydrogen-bond donors (Lipinski definition) is 1. The van der Waals surface area contributed by atoms with Crippen LogP contribution in [-0.4, -0.2) is 14.1 Å². The maximum Gasteiger partial charge on any atom is 0.328 e. The van der Waals surface area contributed by atoms with Crippen molar-refractivity contribution in [1.82, 2.24) is 14.1 Å². The molecule has 0 radical (unpaired) electrons. The van der Waals surface area contributed by atoms with Crippen LogP contribution in [0, 0.1) is 0 Å². The maximum absolute atomic E-state index is 12.0. The van der Waals surface area contributed by atoms with Gasteiger partial charge in [0.25, 0.3) is 0 Å². The van der Waals surface area contributed by atoms with Gasteiger partial charge < -0.3 is 5.73 Å². The van der Waals surface area contributed by atoms with Crippen LogP contribution in [0.5, 0.6) is 0 Å². The molecule has 5 nitrogen and oxygen atoms in total. The molecule has 96 valence electrons. The van der Waals surface area contributed by atoms with Crippen LogP contribution in [0.25, 0.3) is 0 Å². The molecule has 0 aromatic carbocycles. The number of imidazole rings is 1. The summed E-state index contributed by atoms with van der Waals surface area (Å²) in [5, 5.41) is 0.508. The lowest BCUT2D eigenvalue weighted by Gasteiger charge is -2.06. The molecule has 0 bridgehead atoms. The molecule has 2 aromatic heterocycles. The minimum Gasteiger partial charge on any atom is -0.384 e. The van der Waals surface area contributed by atoms with E-state index in [0.29, 0.717) is 23.1 Å². The van der Waals surface area contributed by atoms with Crippen LogP contribution in [0.15, 0.2) is 29.3 Å². The molecule has 0 aliphatic carbocycles. The van der Waals surface area contributed by atoms with Gasteiger partial charge in [0, 0.05) is 18.4 Å². The van der Waals surface area contributed by atoms with Crippen molar-refractivity contribution in [2.24, 2.45) is 0 Å². The fourth-order valence-electron chi connectivity index (χ4n) is 1.71. The summed E-state index contributed by atoms with van der Waals surface area (Å²) in [6, 6.07) is 3.44. The summed E-state index contributed by atoms with van der Waals surface area (Å²) in [5.74, 6) is 0.394. The van der Waals surface area contributed by atoms with Crippen molar-refractivity contribution in [3.63, 3.8) is 0 Å². The highest BCUT2D eigenvalue weighted by Crippen LogP contribution is 2.16. The summed E-state index contributed by atoms with van der Waals surface area (Å²) in [5.41, 5.74) is 6.13. The minimum atomic E-state index is -0.0784. The van der Waals surface area contributed by atoms with E-state index in [-0.39, 0.29) is 11.7 Å². The summed E-state index contributed by atoms with van der Waals surface area (Å²) in [7, 11) is 0. The Bertz CT molecular complexity index is 615. The normalized spacial score (nSPS) is 11.1. The molecule has 6 heteroatoms. The van der Waals surface area contributed by atoms with Crippen molar-refractivity contribution < 1.29 is 0 Å². The molecule has 0 fully saturated rings. The average molecular weight is 267 g/mol. The number of nitrogens with zero attached hydrogens (tertiary/aromatic N) is 3. The molecule has 0 atom stereocenters. The monoisotopic (exact) mass is 266 g/mol. The first-order chi connectivity index (χ1) is 8.49. The predicted molar refractivity (Wildman–Crippen MR) is 71.8 cm³/mol. The second-order valence-corrected chi connectivity index (χ2v) is 4.78. The number of anilines is 1. The van der Waals surface area contributed by atoms with E-state index in [0.717, 1.165) is 0 Å². The molecule has 0 unspecified atom stereocenters. The standard InChI is InChI=1S/C12H15ClN4O/c1-8(2)17-6-5-16(12(17)18)7-10-9(13)3-4-11(14)15-10/h3-6,8H,7H2,1-2H3,(H2,14,15). The van der Waals surface area contributed by atoms with Crippen LogP contribution in [-0.2, 0) is 6.54 Å². The molecular formula is C12H15ClN4O. The molecule has 0 aliphatic heterocycles. The summed E-state index contributed by atoms with van der Waals surface area (Å²) in [4.78, 5) is 16.2. The van der Waals surface area contributed by atoms with Gasteiger partial charge in [-0.25, -0.2) is 9.78 Å². The molecule has 0 aliphatic rings. The van der Waals surface area contributed by atoms with Gasteiger partial charge in [0.15, 0.2) is 0 Å². The third kappa shape index (κ3) is 2.41. The van der Waals surface area contributed by atoms with Gasteiger partial charge in [-0.15, -0.1) is 0 Å². The third-order valence-electron chi connectivity index (χ3n) is 2.69. The highest BCUT2D eigenvalue weighted by atomic mass is 35.5. The zero-order valence-corrected chi connectivity index (χ0v) is 11.1. The van der Waals surface area contributed by atoms with Gasteiger partial charge in [-0.05, 0) is 26.0 Å². The fraction of sp³-hybridized carbons (Fsp3) is 0.333. The molecule has 0 spiro atoms. The predicted octanol–water partition coefficient (Wildman–Crippen LogP) is 1.91. The SMILES string of the molecule is CC(C)n1ccn(Cc2nc(N)ccc2Cl)c1=O. The number of pyridine rings is 1. The Labute approximate surface area is 110 Å². The Morgan fingerprint density at radius 3 is 2.72 bits per heavy atom. The van der Waals surface area contributed by atoms with Crippen LogP contribution >= 0.6 is 11.6 Å². The van der Waals surface area contributed by atoms with Crippen molar-refractivity contribution in [2.45, 2.75) is 26.4 Å². The van der Waals surface area contributed by atoms with Gasteiger partial charge in [0.2, 0.25) is 0 Å². The summed E-state index contributed by atoms with van der Waals surface area (Å²) >= 11 is 6.03. The fourth-order valence-corrected chi connectivity index (χ4v) is 1.88. The minimum absolute atomic E-state index is 0.0784. The van der Waals surface area contributed by atoms with Crippen LogP contribution in [0.1, 0.15) is 25.6 Å². The van der Waals surface area contributed by atoms with E-state index in [1.54, 1.807) is 33.7 Å². The van der Waals surface area contributed by atoms with E-state index in [9.17, 15) is 4.79 Å². The van der Waals surface area contributed by atoms with E-state index >= 15 is 0 Å². The highest BCUT2D eigenvalue weighted by Gasteiger charge is 2.09. The maximum atomic E-state index is 12.0. The molecule has 2 N–H and O–H groups in total. The lowest BCUT2D eigenvalue weighted by atomic mass is 10.3. The molecule has 0 saturated carbocycles. The average Bonchev–Trinajstić information content (AvgIpc) is 2.66. The van der Waals surface area contributed by atoms with E-state index in [4.69, 9.17) is 17.3 Å². The Kier molecular flexibility index (Phi) is 3.43. The van der Waals surface area contributed by atoms with Crippen LogP contribution in [0.4, 0.5) is 5.82 Å². The van der Waals surface area contributed by atoms with Gasteiger partial charge in [-0.1, -0.05) is 11.6 Å². The van der Waals surface area contributed by atoms with Crippen molar-refractivity contribution in [2.75, 3.05) is 5.73 Å². The molecule has 2 rings (SSSR count). The summed E-state index contributed by atoms with van der Waals surface area (Å²) in [6.07, 6.45) is 3.48. The van der Waals surface area contributed by atoms with Gasteiger partial charge in [-0.2, -0.15) is 0 Å². The van der Waals surface area contributed by atoms with Crippen molar-refractivity contribution in [1.29, 1.82) is 0 Å². The smallest absolute Gasteiger partial charge is 0.328 e. The molecule has 2 aromatic rings. The van der Waals surface area contributed by atoms with Gasteiger partial charge in [0.1, 0.15) is 5.82 Å². The number of hydrogen-bond acceptors (Lipinski definition) is 3. The Morgan fingerprint density at radius 1 is 1.39 bits per heavy atom. The first kappa shape index (κ1) is 12.7. The number of nitrogen functional groups attached to an aromatic ring is 1. The lowest BCUT2D eigenvalue weighted by molar-refractivity contribution is 0.560. The zero-order valence-electron chi connectivity index (χ0n) is 10.3. The largest absolute Gasteiger partial charge is 0.384 e. The molecular weight excluding hydrogens is 252 g/mol. The van der Waals surface area contributed by atoms with Crippen LogP contribution in [0.3, 0.4) is 0 Å². The van der Waals surface area contributed by atoms with Crippen LogP contribution in [0.2, 0.25) is 5.02 Å². The van der Waals surface area contributed by atoms with E-state index in [1.807, 2.05) is 13.8 Å². The number of nitrogens with two attached hydrogens (primary N) is 1. The second-order valence-electron chi connectivity index (χ2n) is 4.37. The highest BCUT2D eigenvalue weighted by molar-refractivity contribution is 6.31. The number of aromatic nitrogens is 3. The van der Waals surface area contributed by atoms with Gasteiger partial charge in [0.05, 0.1) is 17.3 Å². The Balaban J connectivity index is 2.35. The van der Waals surface area contributed by atoms with Crippen molar-refractivity contribution in [3.05, 3.63) is 45.7 Å². The van der Waals surface area contributed by atoms with Crippen LogP contribution < -0.4 is 11.4 Å². The summed E-state index contributed by atoms with van der Waals surface area (Å²) < 4.78 is 3.22. The Hall–Kier alpha value is -1.75. The zero-order chi connectivity index (χ0) is 13.3. The molecule has 0 saturated heterocycles. The number of rotatable bonds is 3. The first-order valence-corrected chi connectivity index (χ1v) is 6.05. The topological polar surface area (TPSA) is 65.8 Å².